The zero-order valence-corrected chi connectivity index (χ0v) is 11.4. The van der Waals surface area contributed by atoms with Gasteiger partial charge >= 0.3 is 5.97 Å². The minimum Gasteiger partial charge on any atom is -0.476 e. The first-order valence-corrected chi connectivity index (χ1v) is 7.71. The molecule has 6 nitrogen and oxygen atoms in total. The first kappa shape index (κ1) is 13.9. The summed E-state index contributed by atoms with van der Waals surface area (Å²) in [6.45, 7) is 3.37. The molecule has 0 bridgehead atoms. The first-order chi connectivity index (χ1) is 7.69. The minimum absolute atomic E-state index is 0.00376. The lowest BCUT2D eigenvalue weighted by Crippen LogP contribution is -2.24. The Morgan fingerprint density at radius 3 is 2.59 bits per heavy atom. The van der Waals surface area contributed by atoms with Crippen LogP contribution in [0, 0.1) is 6.92 Å². The number of rotatable bonds is 5. The van der Waals surface area contributed by atoms with Crippen LogP contribution in [0.3, 0.4) is 0 Å². The number of hydrogen-bond acceptors (Lipinski definition) is 6. The number of nitrogens with one attached hydrogen (secondary N) is 1. The Balaban J connectivity index is 2.76. The summed E-state index contributed by atoms with van der Waals surface area (Å²) in [5, 5.41) is 12.1. The van der Waals surface area contributed by atoms with Crippen LogP contribution in [0.4, 0.5) is 5.13 Å². The predicted molar refractivity (Wildman–Crippen MR) is 66.6 cm³/mol. The highest BCUT2D eigenvalue weighted by Gasteiger charge is 2.16. The molecule has 96 valence electrons. The molecule has 1 rings (SSSR count). The van der Waals surface area contributed by atoms with Crippen molar-refractivity contribution in [2.24, 2.45) is 0 Å². The van der Waals surface area contributed by atoms with Gasteiger partial charge in [-0.25, -0.2) is 18.2 Å². The summed E-state index contributed by atoms with van der Waals surface area (Å²) in [5.41, 5.74) is 0.00376. The van der Waals surface area contributed by atoms with Crippen molar-refractivity contribution in [3.05, 3.63) is 10.6 Å². The number of aromatic carboxylic acids is 1. The molecule has 0 saturated carbocycles. The standard InChI is InChI=1S/C9H14N2O4S2/c1-5(4-17(3,14)15)10-9-11-7(8(12)13)6(2)16-9/h5H,4H2,1-3H3,(H,10,11)(H,12,13). The molecule has 0 aliphatic carbocycles. The van der Waals surface area contributed by atoms with E-state index in [-0.39, 0.29) is 17.5 Å². The normalized spacial score (nSPS) is 13.4. The summed E-state index contributed by atoms with van der Waals surface area (Å²) in [6.07, 6.45) is 1.15. The van der Waals surface area contributed by atoms with E-state index >= 15 is 0 Å². The molecular formula is C9H14N2O4S2. The molecule has 8 heteroatoms. The average molecular weight is 278 g/mol. The fourth-order valence-electron chi connectivity index (χ4n) is 1.36. The van der Waals surface area contributed by atoms with Gasteiger partial charge in [0.15, 0.2) is 10.8 Å². The van der Waals surface area contributed by atoms with Gasteiger partial charge in [-0.05, 0) is 13.8 Å². The molecule has 0 spiro atoms. The van der Waals surface area contributed by atoms with Gasteiger partial charge in [0.2, 0.25) is 0 Å². The summed E-state index contributed by atoms with van der Waals surface area (Å²) in [5.74, 6) is -1.10. The third-order valence-corrected chi connectivity index (χ3v) is 3.93. The number of nitrogens with zero attached hydrogens (tertiary/aromatic N) is 1. The van der Waals surface area contributed by atoms with Gasteiger partial charge in [0, 0.05) is 17.2 Å². The van der Waals surface area contributed by atoms with E-state index in [1.165, 1.54) is 11.3 Å². The Labute approximate surface area is 104 Å². The number of sulfone groups is 1. The number of carbonyl (C=O) groups is 1. The van der Waals surface area contributed by atoms with Crippen LogP contribution in [0.15, 0.2) is 0 Å². The lowest BCUT2D eigenvalue weighted by atomic mass is 10.4. The van der Waals surface area contributed by atoms with Crippen molar-refractivity contribution in [3.63, 3.8) is 0 Å². The molecule has 1 atom stereocenters. The van der Waals surface area contributed by atoms with Crippen molar-refractivity contribution in [2.45, 2.75) is 19.9 Å². The molecule has 1 aromatic rings. The third kappa shape index (κ3) is 4.31. The Bertz CT molecular complexity index is 521. The van der Waals surface area contributed by atoms with Crippen molar-refractivity contribution < 1.29 is 18.3 Å². The van der Waals surface area contributed by atoms with Gasteiger partial charge in [0.1, 0.15) is 9.84 Å². The largest absolute Gasteiger partial charge is 0.476 e. The topological polar surface area (TPSA) is 96.4 Å². The maximum Gasteiger partial charge on any atom is 0.355 e. The van der Waals surface area contributed by atoms with Crippen LogP contribution in [-0.4, -0.2) is 42.5 Å². The zero-order valence-electron chi connectivity index (χ0n) is 9.72. The number of anilines is 1. The molecule has 0 fully saturated rings. The van der Waals surface area contributed by atoms with Gasteiger partial charge in [0.25, 0.3) is 0 Å². The molecule has 0 saturated heterocycles. The monoisotopic (exact) mass is 278 g/mol. The van der Waals surface area contributed by atoms with E-state index in [0.29, 0.717) is 10.0 Å². The van der Waals surface area contributed by atoms with E-state index in [1.54, 1.807) is 13.8 Å². The van der Waals surface area contributed by atoms with Crippen LogP contribution in [-0.2, 0) is 9.84 Å². The van der Waals surface area contributed by atoms with Gasteiger partial charge in [-0.3, -0.25) is 0 Å². The summed E-state index contributed by atoms with van der Waals surface area (Å²) in [6, 6.07) is -0.308. The highest BCUT2D eigenvalue weighted by atomic mass is 32.2. The third-order valence-electron chi connectivity index (χ3n) is 1.92. The smallest absolute Gasteiger partial charge is 0.355 e. The van der Waals surface area contributed by atoms with Crippen LogP contribution in [0.25, 0.3) is 0 Å². The quantitative estimate of drug-likeness (QED) is 0.834. The van der Waals surface area contributed by atoms with Crippen LogP contribution in [0.1, 0.15) is 22.3 Å². The number of aryl methyl sites for hydroxylation is 1. The molecule has 17 heavy (non-hydrogen) atoms. The summed E-state index contributed by atoms with van der Waals surface area (Å²) < 4.78 is 22.1. The van der Waals surface area contributed by atoms with Crippen molar-refractivity contribution in [1.82, 2.24) is 4.98 Å². The Morgan fingerprint density at radius 1 is 1.59 bits per heavy atom. The second-order valence-electron chi connectivity index (χ2n) is 3.87. The van der Waals surface area contributed by atoms with Crippen LogP contribution in [0.5, 0.6) is 0 Å². The molecule has 1 aromatic heterocycles. The molecule has 0 aromatic carbocycles. The van der Waals surface area contributed by atoms with E-state index in [9.17, 15) is 13.2 Å². The highest BCUT2D eigenvalue weighted by Crippen LogP contribution is 2.22. The van der Waals surface area contributed by atoms with E-state index in [2.05, 4.69) is 10.3 Å². The fraction of sp³-hybridized carbons (Fsp3) is 0.556. The molecule has 0 aliphatic rings. The zero-order chi connectivity index (χ0) is 13.2. The average Bonchev–Trinajstić information content (AvgIpc) is 2.42. The minimum atomic E-state index is -3.07. The summed E-state index contributed by atoms with van der Waals surface area (Å²) >= 11 is 1.20. The van der Waals surface area contributed by atoms with Gasteiger partial charge in [0.05, 0.1) is 5.75 Å². The number of hydrogen-bond donors (Lipinski definition) is 2. The van der Waals surface area contributed by atoms with Gasteiger partial charge in [-0.15, -0.1) is 11.3 Å². The van der Waals surface area contributed by atoms with E-state index in [1.807, 2.05) is 0 Å². The van der Waals surface area contributed by atoms with Crippen molar-refractivity contribution >= 4 is 32.3 Å². The first-order valence-electron chi connectivity index (χ1n) is 4.84. The number of carboxylic acids is 1. The molecule has 0 amide bonds. The van der Waals surface area contributed by atoms with Crippen molar-refractivity contribution in [3.8, 4) is 0 Å². The van der Waals surface area contributed by atoms with Gasteiger partial charge in [-0.1, -0.05) is 0 Å². The summed E-state index contributed by atoms with van der Waals surface area (Å²) in [4.78, 5) is 15.3. The summed E-state index contributed by atoms with van der Waals surface area (Å²) in [7, 11) is -3.07. The highest BCUT2D eigenvalue weighted by molar-refractivity contribution is 7.90. The van der Waals surface area contributed by atoms with Gasteiger partial charge < -0.3 is 10.4 Å². The van der Waals surface area contributed by atoms with E-state index in [4.69, 9.17) is 5.11 Å². The lowest BCUT2D eigenvalue weighted by molar-refractivity contribution is 0.0690. The lowest BCUT2D eigenvalue weighted by Gasteiger charge is -2.10. The Hall–Kier alpha value is -1.15. The van der Waals surface area contributed by atoms with Crippen molar-refractivity contribution in [1.29, 1.82) is 0 Å². The molecule has 1 heterocycles. The van der Waals surface area contributed by atoms with Gasteiger partial charge in [-0.2, -0.15) is 0 Å². The molecule has 2 N–H and O–H groups in total. The second-order valence-corrected chi connectivity index (χ2v) is 7.25. The maximum absolute atomic E-state index is 11.1. The number of carboxylic acid groups (broad SMARTS) is 1. The van der Waals surface area contributed by atoms with Crippen molar-refractivity contribution in [2.75, 3.05) is 17.3 Å². The number of thiazole rings is 1. The Kier molecular flexibility index (Phi) is 4.10. The molecule has 0 aliphatic heterocycles. The Morgan fingerprint density at radius 2 is 2.18 bits per heavy atom. The van der Waals surface area contributed by atoms with E-state index in [0.717, 1.165) is 6.26 Å². The molecule has 1 unspecified atom stereocenters. The maximum atomic E-state index is 11.1. The van der Waals surface area contributed by atoms with Crippen LogP contribution < -0.4 is 5.32 Å². The SMILES string of the molecule is Cc1sc(NC(C)CS(C)(=O)=O)nc1C(=O)O. The van der Waals surface area contributed by atoms with Crippen LogP contribution in [0.2, 0.25) is 0 Å². The molecular weight excluding hydrogens is 264 g/mol. The van der Waals surface area contributed by atoms with Crippen LogP contribution >= 0.6 is 11.3 Å². The predicted octanol–water partition coefficient (Wildman–Crippen LogP) is 0.995. The number of aromatic nitrogens is 1. The van der Waals surface area contributed by atoms with E-state index < -0.39 is 15.8 Å². The molecule has 0 radical (unpaired) electrons. The second kappa shape index (κ2) is 5.01. The fourth-order valence-corrected chi connectivity index (χ4v) is 3.27.